The van der Waals surface area contributed by atoms with Crippen LogP contribution in [0.15, 0.2) is 24.3 Å². The summed E-state index contributed by atoms with van der Waals surface area (Å²) in [7, 11) is 0. The molecule has 4 nitrogen and oxygen atoms in total. The second-order valence-corrected chi connectivity index (χ2v) is 7.31. The van der Waals surface area contributed by atoms with Crippen molar-refractivity contribution in [3.05, 3.63) is 39.8 Å². The van der Waals surface area contributed by atoms with Crippen LogP contribution in [0.1, 0.15) is 41.3 Å². The molecule has 0 spiro atoms. The van der Waals surface area contributed by atoms with Crippen LogP contribution >= 0.6 is 11.3 Å². The zero-order valence-electron chi connectivity index (χ0n) is 13.0. The molecule has 0 bridgehead atoms. The van der Waals surface area contributed by atoms with Gasteiger partial charge in [0.15, 0.2) is 0 Å². The third-order valence-corrected chi connectivity index (χ3v) is 5.18. The summed E-state index contributed by atoms with van der Waals surface area (Å²) in [5, 5.41) is 19.9. The first-order valence-electron chi connectivity index (χ1n) is 8.01. The van der Waals surface area contributed by atoms with Crippen molar-refractivity contribution in [1.29, 1.82) is 0 Å². The van der Waals surface area contributed by atoms with Crippen molar-refractivity contribution < 1.29 is 5.11 Å². The molecule has 2 heterocycles. The maximum Gasteiger partial charge on any atom is 0.131 e. The first-order chi connectivity index (χ1) is 10.7. The smallest absolute Gasteiger partial charge is 0.131 e. The zero-order chi connectivity index (χ0) is 15.4. The van der Waals surface area contributed by atoms with Crippen LogP contribution in [0.5, 0.6) is 5.75 Å². The Morgan fingerprint density at radius 2 is 2.05 bits per heavy atom. The number of rotatable bonds is 5. The van der Waals surface area contributed by atoms with Crippen LogP contribution in [0.2, 0.25) is 0 Å². The number of hydrogen-bond acceptors (Lipinski definition) is 5. The van der Waals surface area contributed by atoms with Crippen molar-refractivity contribution in [1.82, 2.24) is 15.1 Å². The fourth-order valence-corrected chi connectivity index (χ4v) is 3.90. The van der Waals surface area contributed by atoms with Gasteiger partial charge in [0.1, 0.15) is 15.8 Å². The maximum absolute atomic E-state index is 9.36. The van der Waals surface area contributed by atoms with Gasteiger partial charge in [-0.1, -0.05) is 18.6 Å². The number of benzene rings is 1. The predicted octanol–water partition coefficient (Wildman–Crippen LogP) is 3.54. The van der Waals surface area contributed by atoms with Crippen LogP contribution < -0.4 is 0 Å². The van der Waals surface area contributed by atoms with Crippen LogP contribution in [-0.2, 0) is 13.0 Å². The first kappa shape index (κ1) is 15.4. The molecular weight excluding hydrogens is 294 g/mol. The van der Waals surface area contributed by atoms with E-state index in [4.69, 9.17) is 0 Å². The second-order valence-electron chi connectivity index (χ2n) is 6.04. The van der Waals surface area contributed by atoms with Gasteiger partial charge >= 0.3 is 0 Å². The van der Waals surface area contributed by atoms with Gasteiger partial charge in [0.2, 0.25) is 0 Å². The van der Waals surface area contributed by atoms with E-state index >= 15 is 0 Å². The molecule has 22 heavy (non-hydrogen) atoms. The quantitative estimate of drug-likeness (QED) is 0.916. The minimum atomic E-state index is 0.342. The number of aromatic hydroxyl groups is 1. The summed E-state index contributed by atoms with van der Waals surface area (Å²) >= 11 is 1.71. The number of likely N-dealkylation sites (tertiary alicyclic amines) is 1. The Kier molecular flexibility index (Phi) is 5.05. The van der Waals surface area contributed by atoms with Crippen LogP contribution in [-0.4, -0.2) is 32.8 Å². The summed E-state index contributed by atoms with van der Waals surface area (Å²) in [4.78, 5) is 2.57. The molecule has 0 saturated carbocycles. The molecule has 1 atom stereocenters. The Morgan fingerprint density at radius 1 is 1.23 bits per heavy atom. The van der Waals surface area contributed by atoms with Gasteiger partial charge in [-0.25, -0.2) is 0 Å². The normalized spacial score (nSPS) is 19.4. The molecule has 0 amide bonds. The molecular formula is C17H23N3OS. The van der Waals surface area contributed by atoms with E-state index in [1.807, 2.05) is 19.1 Å². The van der Waals surface area contributed by atoms with E-state index in [2.05, 4.69) is 15.1 Å². The minimum absolute atomic E-state index is 0.342. The van der Waals surface area contributed by atoms with E-state index in [-0.39, 0.29) is 0 Å². The molecule has 5 heteroatoms. The van der Waals surface area contributed by atoms with Gasteiger partial charge in [-0.3, -0.25) is 4.90 Å². The SMILES string of the molecule is Cc1nnc(CN2CCCC[C@H]2CCc2ccc(O)cc2)s1. The third-order valence-electron chi connectivity index (χ3n) is 4.36. The third kappa shape index (κ3) is 4.05. The number of aryl methyl sites for hydroxylation is 2. The van der Waals surface area contributed by atoms with Crippen molar-refractivity contribution in [2.75, 3.05) is 6.54 Å². The molecule has 2 aromatic rings. The van der Waals surface area contributed by atoms with E-state index in [0.717, 1.165) is 23.0 Å². The number of aromatic nitrogens is 2. The van der Waals surface area contributed by atoms with Crippen LogP contribution in [0.3, 0.4) is 0 Å². The lowest BCUT2D eigenvalue weighted by molar-refractivity contribution is 0.132. The molecule has 1 aromatic carbocycles. The van der Waals surface area contributed by atoms with E-state index in [9.17, 15) is 5.11 Å². The fraction of sp³-hybridized carbons (Fsp3) is 0.529. The average Bonchev–Trinajstić information content (AvgIpc) is 2.93. The Bertz CT molecular complexity index is 596. The van der Waals surface area contributed by atoms with E-state index in [0.29, 0.717) is 11.8 Å². The Labute approximate surface area is 135 Å². The Morgan fingerprint density at radius 3 is 2.77 bits per heavy atom. The standard InChI is InChI=1S/C17H23N3OS/c1-13-18-19-17(22-13)12-20-11-3-2-4-15(20)8-5-14-6-9-16(21)10-7-14/h6-7,9-10,15,21H,2-5,8,11-12H2,1H3/t15-/m0/s1. The summed E-state index contributed by atoms with van der Waals surface area (Å²) in [5.41, 5.74) is 1.30. The molecule has 0 unspecified atom stereocenters. The summed E-state index contributed by atoms with van der Waals surface area (Å²) in [6.07, 6.45) is 6.12. The molecule has 1 aliphatic heterocycles. The molecule has 1 aliphatic rings. The lowest BCUT2D eigenvalue weighted by Crippen LogP contribution is -2.39. The average molecular weight is 317 g/mol. The first-order valence-corrected chi connectivity index (χ1v) is 8.83. The fourth-order valence-electron chi connectivity index (χ4n) is 3.17. The van der Waals surface area contributed by atoms with Crippen molar-refractivity contribution in [2.24, 2.45) is 0 Å². The largest absolute Gasteiger partial charge is 0.508 e. The summed E-state index contributed by atoms with van der Waals surface area (Å²) < 4.78 is 0. The van der Waals surface area contributed by atoms with Gasteiger partial charge in [-0.15, -0.1) is 21.5 Å². The summed E-state index contributed by atoms with van der Waals surface area (Å²) in [6.45, 7) is 4.12. The van der Waals surface area contributed by atoms with Gasteiger partial charge in [-0.2, -0.15) is 0 Å². The van der Waals surface area contributed by atoms with Gasteiger partial charge < -0.3 is 5.11 Å². The number of hydrogen-bond donors (Lipinski definition) is 1. The molecule has 1 saturated heterocycles. The monoisotopic (exact) mass is 317 g/mol. The lowest BCUT2D eigenvalue weighted by atomic mass is 9.96. The topological polar surface area (TPSA) is 49.2 Å². The molecule has 1 N–H and O–H groups in total. The summed E-state index contributed by atoms with van der Waals surface area (Å²) in [6, 6.07) is 8.23. The predicted molar refractivity (Wildman–Crippen MR) is 89.1 cm³/mol. The van der Waals surface area contributed by atoms with Crippen LogP contribution in [0, 0.1) is 6.92 Å². The van der Waals surface area contributed by atoms with E-state index < -0.39 is 0 Å². The molecule has 0 aliphatic carbocycles. The lowest BCUT2D eigenvalue weighted by Gasteiger charge is -2.35. The van der Waals surface area contributed by atoms with Gasteiger partial charge in [0.25, 0.3) is 0 Å². The van der Waals surface area contributed by atoms with Crippen molar-refractivity contribution in [3.8, 4) is 5.75 Å². The van der Waals surface area contributed by atoms with Gasteiger partial charge in [0, 0.05) is 6.04 Å². The highest BCUT2D eigenvalue weighted by atomic mass is 32.1. The second kappa shape index (κ2) is 7.20. The molecule has 118 valence electrons. The highest BCUT2D eigenvalue weighted by Gasteiger charge is 2.23. The number of piperidine rings is 1. The van der Waals surface area contributed by atoms with Gasteiger partial charge in [0.05, 0.1) is 6.54 Å². The molecule has 1 fully saturated rings. The molecule has 1 aromatic heterocycles. The van der Waals surface area contributed by atoms with Crippen molar-refractivity contribution in [2.45, 2.75) is 51.6 Å². The Hall–Kier alpha value is -1.46. The molecule has 3 rings (SSSR count). The highest BCUT2D eigenvalue weighted by Crippen LogP contribution is 2.24. The summed E-state index contributed by atoms with van der Waals surface area (Å²) in [5.74, 6) is 0.342. The number of phenolic OH excluding ortho intramolecular Hbond substituents is 1. The number of nitrogens with zero attached hydrogens (tertiary/aromatic N) is 3. The highest BCUT2D eigenvalue weighted by molar-refractivity contribution is 7.11. The maximum atomic E-state index is 9.36. The van der Waals surface area contributed by atoms with Crippen molar-refractivity contribution in [3.63, 3.8) is 0 Å². The van der Waals surface area contributed by atoms with Crippen LogP contribution in [0.4, 0.5) is 0 Å². The minimum Gasteiger partial charge on any atom is -0.508 e. The van der Waals surface area contributed by atoms with Gasteiger partial charge in [-0.05, 0) is 56.8 Å². The Balaban J connectivity index is 1.58. The molecule has 0 radical (unpaired) electrons. The van der Waals surface area contributed by atoms with E-state index in [1.54, 1.807) is 23.5 Å². The van der Waals surface area contributed by atoms with Crippen molar-refractivity contribution >= 4 is 11.3 Å². The van der Waals surface area contributed by atoms with Crippen LogP contribution in [0.25, 0.3) is 0 Å². The number of phenols is 1. The zero-order valence-corrected chi connectivity index (χ0v) is 13.9. The van der Waals surface area contributed by atoms with E-state index in [1.165, 1.54) is 37.8 Å².